The predicted octanol–water partition coefficient (Wildman–Crippen LogP) is 15.1. The van der Waals surface area contributed by atoms with Crippen molar-refractivity contribution in [1.29, 1.82) is 0 Å². The lowest BCUT2D eigenvalue weighted by molar-refractivity contribution is 1.18. The standard InChI is InChI=1S/C57H38N2/c1-4-19-38(20-5-1)42-27-11-10-23-40-26-18-34-51(54(40)42)53-37-52(58-57(59-53)41-24-8-3-9-25-41)45-35-36-50(44-29-13-12-28-43(44)45)56-48-32-16-14-30-46(48)55(39-21-6-2-7-22-39)47-31-15-17-33-49(47)56/h1-10,12-37H,11H2. The van der Waals surface area contributed by atoms with Crippen molar-refractivity contribution in [3.63, 3.8) is 0 Å². The van der Waals surface area contributed by atoms with Crippen LogP contribution in [-0.2, 0) is 0 Å². The van der Waals surface area contributed by atoms with E-state index >= 15 is 0 Å². The molecule has 0 saturated carbocycles. The second-order valence-corrected chi connectivity index (χ2v) is 15.1. The summed E-state index contributed by atoms with van der Waals surface area (Å²) in [6, 6.07) is 71.8. The summed E-state index contributed by atoms with van der Waals surface area (Å²) in [4.78, 5) is 10.7. The lowest BCUT2D eigenvalue weighted by Gasteiger charge is -2.20. The van der Waals surface area contributed by atoms with Crippen molar-refractivity contribution >= 4 is 44.0 Å². The number of aromatic nitrogens is 2. The van der Waals surface area contributed by atoms with Gasteiger partial charge in [0.05, 0.1) is 11.4 Å². The predicted molar refractivity (Wildman–Crippen MR) is 249 cm³/mol. The molecule has 10 aromatic rings. The Morgan fingerprint density at radius 3 is 1.46 bits per heavy atom. The molecule has 276 valence electrons. The second kappa shape index (κ2) is 14.7. The molecule has 11 rings (SSSR count). The quantitative estimate of drug-likeness (QED) is 0.158. The molecule has 0 unspecified atom stereocenters. The number of allylic oxidation sites excluding steroid dienone is 2. The molecule has 0 fully saturated rings. The maximum atomic E-state index is 5.37. The third-order valence-electron chi connectivity index (χ3n) is 11.7. The van der Waals surface area contributed by atoms with Crippen LogP contribution in [0.5, 0.6) is 0 Å². The van der Waals surface area contributed by atoms with Gasteiger partial charge in [-0.05, 0) is 89.3 Å². The molecule has 0 saturated heterocycles. The Labute approximate surface area is 344 Å². The smallest absolute Gasteiger partial charge is 0.160 e. The lowest BCUT2D eigenvalue weighted by atomic mass is 9.84. The summed E-state index contributed by atoms with van der Waals surface area (Å²) >= 11 is 0. The maximum absolute atomic E-state index is 5.37. The molecule has 0 aliphatic heterocycles. The minimum absolute atomic E-state index is 0.701. The van der Waals surface area contributed by atoms with Gasteiger partial charge in [0, 0.05) is 16.7 Å². The summed E-state index contributed by atoms with van der Waals surface area (Å²) < 4.78 is 0. The van der Waals surface area contributed by atoms with Crippen LogP contribution < -0.4 is 0 Å². The zero-order chi connectivity index (χ0) is 39.1. The Kier molecular flexibility index (Phi) is 8.60. The normalized spacial score (nSPS) is 12.4. The van der Waals surface area contributed by atoms with E-state index < -0.39 is 0 Å². The maximum Gasteiger partial charge on any atom is 0.160 e. The van der Waals surface area contributed by atoms with E-state index in [0.717, 1.165) is 39.9 Å². The van der Waals surface area contributed by atoms with Crippen LogP contribution in [-0.4, -0.2) is 9.97 Å². The van der Waals surface area contributed by atoms with Gasteiger partial charge in [-0.3, -0.25) is 0 Å². The van der Waals surface area contributed by atoms with E-state index in [4.69, 9.17) is 9.97 Å². The van der Waals surface area contributed by atoms with Crippen LogP contribution in [0.4, 0.5) is 0 Å². The molecule has 0 atom stereocenters. The van der Waals surface area contributed by atoms with Gasteiger partial charge in [0.25, 0.3) is 0 Å². The molecular weight excluding hydrogens is 713 g/mol. The molecule has 0 bridgehead atoms. The number of hydrogen-bond acceptors (Lipinski definition) is 2. The van der Waals surface area contributed by atoms with Crippen molar-refractivity contribution in [2.75, 3.05) is 0 Å². The first-order chi connectivity index (χ1) is 29.3. The SMILES string of the molecule is C1=Cc2cccc(-c3cc(-c4ccc(-c5c6ccccc6c(-c6ccccc6)c6ccccc56)c5ccccc45)nc(-c4ccccc4)n3)c2C(c2ccccc2)=CC1. The minimum atomic E-state index is 0.701. The molecule has 59 heavy (non-hydrogen) atoms. The van der Waals surface area contributed by atoms with Gasteiger partial charge in [-0.15, -0.1) is 0 Å². The highest BCUT2D eigenvalue weighted by atomic mass is 14.9. The van der Waals surface area contributed by atoms with Crippen molar-refractivity contribution in [2.45, 2.75) is 6.42 Å². The molecule has 0 N–H and O–H groups in total. The Hall–Kier alpha value is -7.68. The zero-order valence-electron chi connectivity index (χ0n) is 32.4. The third kappa shape index (κ3) is 6.05. The van der Waals surface area contributed by atoms with Crippen molar-refractivity contribution in [2.24, 2.45) is 0 Å². The van der Waals surface area contributed by atoms with E-state index in [1.165, 1.54) is 71.4 Å². The lowest BCUT2D eigenvalue weighted by Crippen LogP contribution is -2.00. The van der Waals surface area contributed by atoms with Gasteiger partial charge in [0.2, 0.25) is 0 Å². The minimum Gasteiger partial charge on any atom is -0.228 e. The summed E-state index contributed by atoms with van der Waals surface area (Å²) in [5, 5.41) is 7.29. The number of nitrogens with zero attached hydrogens (tertiary/aromatic N) is 2. The number of hydrogen-bond donors (Lipinski definition) is 0. The fourth-order valence-electron chi connectivity index (χ4n) is 9.10. The third-order valence-corrected chi connectivity index (χ3v) is 11.7. The summed E-state index contributed by atoms with van der Waals surface area (Å²) in [7, 11) is 0. The van der Waals surface area contributed by atoms with Gasteiger partial charge in [-0.2, -0.15) is 0 Å². The van der Waals surface area contributed by atoms with Crippen molar-refractivity contribution < 1.29 is 0 Å². The first-order valence-electron chi connectivity index (χ1n) is 20.3. The zero-order valence-corrected chi connectivity index (χ0v) is 32.4. The van der Waals surface area contributed by atoms with Gasteiger partial charge < -0.3 is 0 Å². The van der Waals surface area contributed by atoms with Gasteiger partial charge in [-0.25, -0.2) is 9.97 Å². The van der Waals surface area contributed by atoms with Crippen molar-refractivity contribution in [3.8, 4) is 56.2 Å². The van der Waals surface area contributed by atoms with Gasteiger partial charge >= 0.3 is 0 Å². The summed E-state index contributed by atoms with van der Waals surface area (Å²) in [6.45, 7) is 0. The molecule has 2 nitrogen and oxygen atoms in total. The van der Waals surface area contributed by atoms with E-state index in [-0.39, 0.29) is 0 Å². The monoisotopic (exact) mass is 750 g/mol. The topological polar surface area (TPSA) is 25.8 Å². The van der Waals surface area contributed by atoms with Gasteiger partial charge in [0.1, 0.15) is 0 Å². The van der Waals surface area contributed by atoms with Crippen LogP contribution in [0, 0.1) is 0 Å². The number of fused-ring (bicyclic) bond motifs is 4. The van der Waals surface area contributed by atoms with Crippen LogP contribution in [0.2, 0.25) is 0 Å². The Morgan fingerprint density at radius 2 is 0.831 bits per heavy atom. The van der Waals surface area contributed by atoms with E-state index in [1.807, 2.05) is 6.07 Å². The molecule has 2 heteroatoms. The van der Waals surface area contributed by atoms with Crippen LogP contribution in [0.3, 0.4) is 0 Å². The van der Waals surface area contributed by atoms with E-state index in [2.05, 4.69) is 212 Å². The largest absolute Gasteiger partial charge is 0.228 e. The molecule has 1 heterocycles. The molecule has 1 aromatic heterocycles. The first-order valence-corrected chi connectivity index (χ1v) is 20.3. The molecule has 0 radical (unpaired) electrons. The molecule has 0 spiro atoms. The highest BCUT2D eigenvalue weighted by Gasteiger charge is 2.22. The molecule has 1 aliphatic carbocycles. The fourth-order valence-corrected chi connectivity index (χ4v) is 9.10. The fraction of sp³-hybridized carbons (Fsp3) is 0.0175. The molecule has 1 aliphatic rings. The molecular formula is C57H38N2. The average Bonchev–Trinajstić information content (AvgIpc) is 3.54. The van der Waals surface area contributed by atoms with Crippen LogP contribution in [0.25, 0.3) is 100 Å². The Bertz CT molecular complexity index is 3210. The average molecular weight is 751 g/mol. The molecule has 9 aromatic carbocycles. The highest BCUT2D eigenvalue weighted by molar-refractivity contribution is 6.24. The van der Waals surface area contributed by atoms with Crippen LogP contribution in [0.1, 0.15) is 23.1 Å². The van der Waals surface area contributed by atoms with Crippen LogP contribution >= 0.6 is 0 Å². The summed E-state index contributed by atoms with van der Waals surface area (Å²) in [5.74, 6) is 0.701. The van der Waals surface area contributed by atoms with Gasteiger partial charge in [0.15, 0.2) is 5.82 Å². The summed E-state index contributed by atoms with van der Waals surface area (Å²) in [5.41, 5.74) is 14.6. The van der Waals surface area contributed by atoms with Crippen molar-refractivity contribution in [1.82, 2.24) is 9.97 Å². The first kappa shape index (κ1) is 34.6. The van der Waals surface area contributed by atoms with E-state index in [1.54, 1.807) is 0 Å². The number of benzene rings is 9. The van der Waals surface area contributed by atoms with Gasteiger partial charge in [-0.1, -0.05) is 212 Å². The molecule has 0 amide bonds. The number of rotatable bonds is 6. The van der Waals surface area contributed by atoms with E-state index in [0.29, 0.717) is 5.82 Å². The highest BCUT2D eigenvalue weighted by Crippen LogP contribution is 2.47. The van der Waals surface area contributed by atoms with E-state index in [9.17, 15) is 0 Å². The Balaban J connectivity index is 1.16. The van der Waals surface area contributed by atoms with Crippen molar-refractivity contribution in [3.05, 3.63) is 229 Å². The Morgan fingerprint density at radius 1 is 0.339 bits per heavy atom. The second-order valence-electron chi connectivity index (χ2n) is 15.1. The summed E-state index contributed by atoms with van der Waals surface area (Å²) in [6.07, 6.45) is 7.69. The van der Waals surface area contributed by atoms with Crippen LogP contribution in [0.15, 0.2) is 212 Å².